The first-order valence-electron chi connectivity index (χ1n) is 12.6. The molecule has 1 atom stereocenters. The van der Waals surface area contributed by atoms with Gasteiger partial charge in [0, 0.05) is 45.3 Å². The maximum Gasteiger partial charge on any atom is 0.296 e. The van der Waals surface area contributed by atoms with Crippen LogP contribution >= 0.6 is 0 Å². The molecule has 1 aromatic carbocycles. The number of ether oxygens (including phenoxy) is 1. The van der Waals surface area contributed by atoms with E-state index in [9.17, 15) is 13.6 Å². The van der Waals surface area contributed by atoms with Crippen LogP contribution in [0.5, 0.6) is 0 Å². The highest BCUT2D eigenvalue weighted by molar-refractivity contribution is 5.82. The van der Waals surface area contributed by atoms with Crippen molar-refractivity contribution in [2.45, 2.75) is 26.3 Å². The van der Waals surface area contributed by atoms with Crippen molar-refractivity contribution in [3.8, 4) is 5.95 Å². The molecule has 37 heavy (non-hydrogen) atoms. The highest BCUT2D eigenvalue weighted by Crippen LogP contribution is 2.29. The Kier molecular flexibility index (Phi) is 7.20. The van der Waals surface area contributed by atoms with Crippen molar-refractivity contribution in [1.82, 2.24) is 24.4 Å². The highest BCUT2D eigenvalue weighted by Gasteiger charge is 2.29. The molecule has 2 saturated heterocycles. The number of hydrogen-bond acceptors (Lipinski definition) is 8. The summed E-state index contributed by atoms with van der Waals surface area (Å²) in [7, 11) is 0. The number of rotatable bonds is 6. The summed E-state index contributed by atoms with van der Waals surface area (Å²) >= 11 is 0. The number of morpholine rings is 1. The number of anilines is 2. The van der Waals surface area contributed by atoms with Crippen molar-refractivity contribution in [3.63, 3.8) is 0 Å². The number of piperazine rings is 1. The topological polar surface area (TPSA) is 106 Å². The second-order valence-corrected chi connectivity index (χ2v) is 9.66. The summed E-state index contributed by atoms with van der Waals surface area (Å²) in [6.07, 6.45) is -2.80. The number of amides is 1. The number of imidazole rings is 1. The minimum absolute atomic E-state index is 0.0556. The van der Waals surface area contributed by atoms with E-state index in [4.69, 9.17) is 20.4 Å². The lowest BCUT2D eigenvalue weighted by Crippen LogP contribution is -2.54. The van der Waals surface area contributed by atoms with Crippen molar-refractivity contribution in [3.05, 3.63) is 36.2 Å². The Morgan fingerprint density at radius 3 is 2.19 bits per heavy atom. The Balaban J connectivity index is 1.51. The lowest BCUT2D eigenvalue weighted by atomic mass is 10.0. The Bertz CT molecular complexity index is 1250. The lowest BCUT2D eigenvalue weighted by Gasteiger charge is -2.37. The van der Waals surface area contributed by atoms with E-state index < -0.39 is 18.3 Å². The van der Waals surface area contributed by atoms with E-state index in [1.54, 1.807) is 29.2 Å². The number of carbonyl (C=O) groups is 1. The standard InChI is InChI=1S/C25H32F2N8O2/c1-16(2)21(28)24(36)34-9-7-32(8-10-34)19-15-20(33-11-13-37-14-12-33)31-25(30-19)35-18-6-4-3-5-17(18)29-23(35)22(26)27/h3-6,15-16,21-22H,7-14,28H2,1-2H3/t21-/m0/s1. The van der Waals surface area contributed by atoms with Gasteiger partial charge in [-0.25, -0.2) is 13.8 Å². The van der Waals surface area contributed by atoms with Gasteiger partial charge in [-0.1, -0.05) is 26.0 Å². The van der Waals surface area contributed by atoms with E-state index in [-0.39, 0.29) is 17.8 Å². The number of benzene rings is 1. The third-order valence-electron chi connectivity index (χ3n) is 6.92. The molecule has 1 amide bonds. The fourth-order valence-corrected chi connectivity index (χ4v) is 4.68. The molecule has 0 bridgehead atoms. The monoisotopic (exact) mass is 514 g/mol. The van der Waals surface area contributed by atoms with E-state index in [0.717, 1.165) is 0 Å². The van der Waals surface area contributed by atoms with Crippen LogP contribution in [0.1, 0.15) is 26.1 Å². The Labute approximate surface area is 214 Å². The predicted molar refractivity (Wildman–Crippen MR) is 136 cm³/mol. The molecule has 0 aliphatic carbocycles. The zero-order chi connectivity index (χ0) is 26.1. The molecule has 2 aliphatic rings. The molecule has 12 heteroatoms. The van der Waals surface area contributed by atoms with Gasteiger partial charge in [-0.2, -0.15) is 9.97 Å². The molecule has 5 rings (SSSR count). The Hall–Kier alpha value is -3.38. The van der Waals surface area contributed by atoms with Gasteiger partial charge in [0.2, 0.25) is 11.9 Å². The number of aromatic nitrogens is 4. The number of alkyl halides is 2. The second-order valence-electron chi connectivity index (χ2n) is 9.66. The predicted octanol–water partition coefficient (Wildman–Crippen LogP) is 2.22. The molecule has 2 fully saturated rings. The lowest BCUT2D eigenvalue weighted by molar-refractivity contribution is -0.133. The van der Waals surface area contributed by atoms with Gasteiger partial charge in [0.25, 0.3) is 6.43 Å². The van der Waals surface area contributed by atoms with E-state index in [2.05, 4.69) is 14.8 Å². The maximum atomic E-state index is 14.1. The van der Waals surface area contributed by atoms with Gasteiger partial charge in [0.1, 0.15) is 11.6 Å². The van der Waals surface area contributed by atoms with E-state index >= 15 is 0 Å². The summed E-state index contributed by atoms with van der Waals surface area (Å²) in [5.41, 5.74) is 7.05. The second kappa shape index (κ2) is 10.5. The van der Waals surface area contributed by atoms with Crippen molar-refractivity contribution < 1.29 is 18.3 Å². The van der Waals surface area contributed by atoms with Crippen LogP contribution in [0.3, 0.4) is 0 Å². The molecule has 0 radical (unpaired) electrons. The number of nitrogens with two attached hydrogens (primary N) is 1. The minimum Gasteiger partial charge on any atom is -0.378 e. The maximum absolute atomic E-state index is 14.1. The molecule has 0 spiro atoms. The normalized spacial score (nSPS) is 17.8. The number of hydrogen-bond donors (Lipinski definition) is 1. The van der Waals surface area contributed by atoms with Crippen molar-refractivity contribution in [2.75, 3.05) is 62.3 Å². The number of halogens is 2. The summed E-state index contributed by atoms with van der Waals surface area (Å²) in [5.74, 6) is 0.998. The number of fused-ring (bicyclic) bond motifs is 1. The molecule has 198 valence electrons. The molecule has 0 saturated carbocycles. The van der Waals surface area contributed by atoms with Gasteiger partial charge >= 0.3 is 0 Å². The van der Waals surface area contributed by atoms with Crippen LogP contribution < -0.4 is 15.5 Å². The smallest absolute Gasteiger partial charge is 0.296 e. The first kappa shape index (κ1) is 25.3. The summed E-state index contributed by atoms with van der Waals surface area (Å²) < 4.78 is 35.0. The first-order valence-corrected chi connectivity index (χ1v) is 12.6. The van der Waals surface area contributed by atoms with Gasteiger partial charge < -0.3 is 25.2 Å². The number of para-hydroxylation sites is 2. The van der Waals surface area contributed by atoms with Crippen LogP contribution in [0, 0.1) is 5.92 Å². The van der Waals surface area contributed by atoms with Gasteiger partial charge in [-0.3, -0.25) is 9.36 Å². The molecular weight excluding hydrogens is 482 g/mol. The average molecular weight is 515 g/mol. The third kappa shape index (κ3) is 5.08. The molecule has 2 aromatic heterocycles. The van der Waals surface area contributed by atoms with Crippen LogP contribution in [0.25, 0.3) is 17.0 Å². The van der Waals surface area contributed by atoms with E-state index in [0.29, 0.717) is 75.2 Å². The summed E-state index contributed by atoms with van der Waals surface area (Å²) in [6.45, 7) is 8.34. The van der Waals surface area contributed by atoms with Gasteiger partial charge in [0.15, 0.2) is 5.82 Å². The zero-order valence-electron chi connectivity index (χ0n) is 21.1. The Morgan fingerprint density at radius 2 is 1.57 bits per heavy atom. The molecule has 2 aliphatic heterocycles. The van der Waals surface area contributed by atoms with Crippen molar-refractivity contribution >= 4 is 28.6 Å². The SMILES string of the molecule is CC(C)[C@H](N)C(=O)N1CCN(c2cc(N3CCOCC3)nc(-n3c(C(F)F)nc4ccccc43)n2)CC1. The first-order chi connectivity index (χ1) is 17.8. The van der Waals surface area contributed by atoms with Crippen LogP contribution in [-0.4, -0.2) is 88.9 Å². The average Bonchev–Trinajstić information content (AvgIpc) is 3.33. The molecule has 3 aromatic rings. The summed E-state index contributed by atoms with van der Waals surface area (Å²) in [5, 5.41) is 0. The quantitative estimate of drug-likeness (QED) is 0.534. The van der Waals surface area contributed by atoms with Crippen LogP contribution in [0.2, 0.25) is 0 Å². The van der Waals surface area contributed by atoms with Crippen LogP contribution in [0.15, 0.2) is 30.3 Å². The number of carbonyl (C=O) groups excluding carboxylic acids is 1. The fourth-order valence-electron chi connectivity index (χ4n) is 4.68. The van der Waals surface area contributed by atoms with Crippen molar-refractivity contribution in [1.29, 1.82) is 0 Å². The van der Waals surface area contributed by atoms with Crippen LogP contribution in [-0.2, 0) is 9.53 Å². The summed E-state index contributed by atoms with van der Waals surface area (Å²) in [6, 6.07) is 8.32. The molecule has 0 unspecified atom stereocenters. The molecule has 2 N–H and O–H groups in total. The van der Waals surface area contributed by atoms with Crippen LogP contribution in [0.4, 0.5) is 20.4 Å². The zero-order valence-corrected chi connectivity index (χ0v) is 21.1. The van der Waals surface area contributed by atoms with Gasteiger partial charge in [-0.15, -0.1) is 0 Å². The van der Waals surface area contributed by atoms with Gasteiger partial charge in [0.05, 0.1) is 30.3 Å². The van der Waals surface area contributed by atoms with E-state index in [1.807, 2.05) is 19.9 Å². The van der Waals surface area contributed by atoms with Crippen molar-refractivity contribution in [2.24, 2.45) is 11.7 Å². The van der Waals surface area contributed by atoms with Gasteiger partial charge in [-0.05, 0) is 18.1 Å². The number of nitrogens with zero attached hydrogens (tertiary/aromatic N) is 7. The molecule has 10 nitrogen and oxygen atoms in total. The minimum atomic E-state index is -2.80. The highest BCUT2D eigenvalue weighted by atomic mass is 19.3. The Morgan fingerprint density at radius 1 is 0.946 bits per heavy atom. The largest absolute Gasteiger partial charge is 0.378 e. The fraction of sp³-hybridized carbons (Fsp3) is 0.520. The summed E-state index contributed by atoms with van der Waals surface area (Å²) in [4.78, 5) is 32.3. The molecular formula is C25H32F2N8O2. The molecule has 4 heterocycles. The van der Waals surface area contributed by atoms with E-state index in [1.165, 1.54) is 4.57 Å². The third-order valence-corrected chi connectivity index (χ3v) is 6.92.